The Kier molecular flexibility index (Phi) is 3.71. The maximum atomic E-state index is 12.4. The summed E-state index contributed by atoms with van der Waals surface area (Å²) in [4.78, 5) is 18.9. The van der Waals surface area contributed by atoms with Crippen LogP contribution in [0.1, 0.15) is 35.3 Å². The van der Waals surface area contributed by atoms with Crippen LogP contribution in [0, 0.1) is 12.8 Å². The molecule has 2 N–H and O–H groups in total. The van der Waals surface area contributed by atoms with Gasteiger partial charge in [0, 0.05) is 24.2 Å². The largest absolute Gasteiger partial charge is 0.481 e. The summed E-state index contributed by atoms with van der Waals surface area (Å²) >= 11 is 0. The maximum absolute atomic E-state index is 12.4. The number of carbonyl (C=O) groups is 1. The van der Waals surface area contributed by atoms with E-state index in [1.807, 2.05) is 13.0 Å². The van der Waals surface area contributed by atoms with Crippen LogP contribution in [0.15, 0.2) is 12.1 Å². The van der Waals surface area contributed by atoms with Gasteiger partial charge in [0.1, 0.15) is 5.69 Å². The van der Waals surface area contributed by atoms with Gasteiger partial charge in [-0.05, 0) is 31.7 Å². The van der Waals surface area contributed by atoms with Crippen molar-refractivity contribution in [1.82, 2.24) is 9.88 Å². The summed E-state index contributed by atoms with van der Waals surface area (Å²) < 4.78 is 5.19. The van der Waals surface area contributed by atoms with Gasteiger partial charge >= 0.3 is 0 Å². The number of rotatable bonds is 4. The fourth-order valence-electron chi connectivity index (χ4n) is 3.72. The second kappa shape index (κ2) is 5.39. The van der Waals surface area contributed by atoms with Crippen LogP contribution in [0.2, 0.25) is 0 Å². The van der Waals surface area contributed by atoms with E-state index in [4.69, 9.17) is 10.5 Å². The third kappa shape index (κ3) is 2.68. The number of nitrogens with two attached hydrogens (primary N) is 1. The van der Waals surface area contributed by atoms with Crippen LogP contribution in [0.5, 0.6) is 5.88 Å². The lowest BCUT2D eigenvalue weighted by Gasteiger charge is -2.23. The van der Waals surface area contributed by atoms with E-state index in [-0.39, 0.29) is 11.3 Å². The fraction of sp³-hybridized carbons (Fsp3) is 0.625. The molecular formula is C16H23N3O2. The molecule has 0 amide bonds. The number of aromatic nitrogens is 1. The number of nitrogens with zero attached hydrogens (tertiary/aromatic N) is 2. The van der Waals surface area contributed by atoms with Crippen molar-refractivity contribution < 1.29 is 9.53 Å². The highest BCUT2D eigenvalue weighted by Crippen LogP contribution is 2.39. The number of likely N-dealkylation sites (tertiary alicyclic amines) is 1. The van der Waals surface area contributed by atoms with Gasteiger partial charge in [-0.15, -0.1) is 0 Å². The number of ketones is 1. The van der Waals surface area contributed by atoms with E-state index in [1.54, 1.807) is 13.2 Å². The monoisotopic (exact) mass is 289 g/mol. The first-order chi connectivity index (χ1) is 10.0. The third-order valence-electron chi connectivity index (χ3n) is 4.90. The molecule has 1 aromatic heterocycles. The summed E-state index contributed by atoms with van der Waals surface area (Å²) in [5.41, 5.74) is 7.78. The van der Waals surface area contributed by atoms with Crippen LogP contribution < -0.4 is 10.5 Å². The molecule has 0 aromatic carbocycles. The molecule has 2 fully saturated rings. The predicted octanol–water partition coefficient (Wildman–Crippen LogP) is 1.39. The Bertz CT molecular complexity index is 560. The number of hydrogen-bond donors (Lipinski definition) is 1. The molecule has 114 valence electrons. The van der Waals surface area contributed by atoms with Gasteiger partial charge < -0.3 is 10.5 Å². The Morgan fingerprint density at radius 1 is 1.57 bits per heavy atom. The molecule has 1 saturated carbocycles. The molecule has 0 spiro atoms. The number of carbonyl (C=O) groups excluding carboxylic acids is 1. The van der Waals surface area contributed by atoms with Crippen LogP contribution in [0.3, 0.4) is 0 Å². The zero-order valence-electron chi connectivity index (χ0n) is 12.8. The number of pyridine rings is 1. The molecule has 0 radical (unpaired) electrons. The second-order valence-corrected chi connectivity index (χ2v) is 6.44. The maximum Gasteiger partial charge on any atom is 0.216 e. The minimum atomic E-state index is -0.0708. The van der Waals surface area contributed by atoms with E-state index in [1.165, 1.54) is 12.8 Å². The van der Waals surface area contributed by atoms with Gasteiger partial charge in [0.2, 0.25) is 5.88 Å². The van der Waals surface area contributed by atoms with Gasteiger partial charge in [-0.2, -0.15) is 0 Å². The summed E-state index contributed by atoms with van der Waals surface area (Å²) in [6.07, 6.45) is 3.50. The van der Waals surface area contributed by atoms with Gasteiger partial charge in [-0.3, -0.25) is 9.69 Å². The van der Waals surface area contributed by atoms with Crippen molar-refractivity contribution in [2.24, 2.45) is 11.7 Å². The van der Waals surface area contributed by atoms with Crippen LogP contribution in [0.25, 0.3) is 0 Å². The molecule has 5 heteroatoms. The van der Waals surface area contributed by atoms with Crippen LogP contribution in [-0.2, 0) is 0 Å². The van der Waals surface area contributed by atoms with Gasteiger partial charge in [0.25, 0.3) is 0 Å². The van der Waals surface area contributed by atoms with Crippen molar-refractivity contribution >= 4 is 5.78 Å². The van der Waals surface area contributed by atoms with E-state index in [9.17, 15) is 4.79 Å². The van der Waals surface area contributed by atoms with Crippen molar-refractivity contribution in [2.75, 3.05) is 26.7 Å². The standard InChI is InChI=1S/C16H23N3O2/c1-11-5-6-13(18-15(11)21-2)14(20)9-19-8-12-4-3-7-16(12,17)10-19/h5-6,12H,3-4,7-10,17H2,1-2H3/t12-,16-/m0/s1. The highest BCUT2D eigenvalue weighted by molar-refractivity contribution is 5.96. The number of aryl methyl sites for hydroxylation is 1. The lowest BCUT2D eigenvalue weighted by molar-refractivity contribution is 0.0934. The third-order valence-corrected chi connectivity index (χ3v) is 4.90. The number of ether oxygens (including phenoxy) is 1. The summed E-state index contributed by atoms with van der Waals surface area (Å²) in [6, 6.07) is 3.65. The molecule has 5 nitrogen and oxygen atoms in total. The molecule has 0 unspecified atom stereocenters. The van der Waals surface area contributed by atoms with Gasteiger partial charge in [0.05, 0.1) is 13.7 Å². The van der Waals surface area contributed by atoms with E-state index in [2.05, 4.69) is 9.88 Å². The van der Waals surface area contributed by atoms with Crippen molar-refractivity contribution in [3.63, 3.8) is 0 Å². The zero-order chi connectivity index (χ0) is 15.0. The first-order valence-corrected chi connectivity index (χ1v) is 7.58. The molecule has 0 bridgehead atoms. The number of Topliss-reactive ketones (excluding diaryl/α,β-unsaturated/α-hetero) is 1. The van der Waals surface area contributed by atoms with Crippen molar-refractivity contribution in [2.45, 2.75) is 31.7 Å². The minimum absolute atomic E-state index is 0.0388. The molecule has 2 aliphatic rings. The molecular weight excluding hydrogens is 266 g/mol. The predicted molar refractivity (Wildman–Crippen MR) is 80.6 cm³/mol. The topological polar surface area (TPSA) is 68.5 Å². The molecule has 1 saturated heterocycles. The van der Waals surface area contributed by atoms with Crippen LogP contribution in [0.4, 0.5) is 0 Å². The molecule has 1 aliphatic carbocycles. The normalized spacial score (nSPS) is 28.6. The van der Waals surface area contributed by atoms with Crippen molar-refractivity contribution in [3.8, 4) is 5.88 Å². The summed E-state index contributed by atoms with van der Waals surface area (Å²) in [5, 5.41) is 0. The summed E-state index contributed by atoms with van der Waals surface area (Å²) in [7, 11) is 1.57. The Labute approximate surface area is 125 Å². The molecule has 1 aromatic rings. The molecule has 1 aliphatic heterocycles. The minimum Gasteiger partial charge on any atom is -0.481 e. The highest BCUT2D eigenvalue weighted by atomic mass is 16.5. The number of hydrogen-bond acceptors (Lipinski definition) is 5. The molecule has 21 heavy (non-hydrogen) atoms. The lowest BCUT2D eigenvalue weighted by Crippen LogP contribution is -2.44. The summed E-state index contributed by atoms with van der Waals surface area (Å²) in [5.74, 6) is 1.11. The number of methoxy groups -OCH3 is 1. The zero-order valence-corrected chi connectivity index (χ0v) is 12.8. The summed E-state index contributed by atoms with van der Waals surface area (Å²) in [6.45, 7) is 4.08. The van der Waals surface area contributed by atoms with E-state index < -0.39 is 0 Å². The lowest BCUT2D eigenvalue weighted by atomic mass is 9.92. The Morgan fingerprint density at radius 3 is 3.10 bits per heavy atom. The smallest absolute Gasteiger partial charge is 0.216 e. The van der Waals surface area contributed by atoms with E-state index in [0.29, 0.717) is 24.0 Å². The first-order valence-electron chi connectivity index (χ1n) is 7.58. The molecule has 2 atom stereocenters. The quantitative estimate of drug-likeness (QED) is 0.848. The van der Waals surface area contributed by atoms with Gasteiger partial charge in [-0.25, -0.2) is 4.98 Å². The Morgan fingerprint density at radius 2 is 2.38 bits per heavy atom. The van der Waals surface area contributed by atoms with E-state index in [0.717, 1.165) is 25.1 Å². The molecule has 3 rings (SSSR count). The Balaban J connectivity index is 1.67. The van der Waals surface area contributed by atoms with Crippen LogP contribution in [-0.4, -0.2) is 48.0 Å². The van der Waals surface area contributed by atoms with Crippen LogP contribution >= 0.6 is 0 Å². The fourth-order valence-corrected chi connectivity index (χ4v) is 3.72. The Hall–Kier alpha value is -1.46. The first kappa shape index (κ1) is 14.5. The molecule has 2 heterocycles. The number of fused-ring (bicyclic) bond motifs is 1. The average Bonchev–Trinajstić information content (AvgIpc) is 2.93. The van der Waals surface area contributed by atoms with Gasteiger partial charge in [-0.1, -0.05) is 12.5 Å². The SMILES string of the molecule is COc1nc(C(=O)CN2C[C@@H]3CCC[C@]3(N)C2)ccc1C. The van der Waals surface area contributed by atoms with Crippen molar-refractivity contribution in [3.05, 3.63) is 23.4 Å². The highest BCUT2D eigenvalue weighted by Gasteiger charge is 2.46. The van der Waals surface area contributed by atoms with Gasteiger partial charge in [0.15, 0.2) is 5.78 Å². The van der Waals surface area contributed by atoms with Crippen molar-refractivity contribution in [1.29, 1.82) is 0 Å². The second-order valence-electron chi connectivity index (χ2n) is 6.44. The van der Waals surface area contributed by atoms with E-state index >= 15 is 0 Å². The average molecular weight is 289 g/mol.